The van der Waals surface area contributed by atoms with Gasteiger partial charge in [0.25, 0.3) is 5.89 Å². The molecule has 1 aliphatic heterocycles. The van der Waals surface area contributed by atoms with Gasteiger partial charge in [0.15, 0.2) is 11.5 Å². The van der Waals surface area contributed by atoms with Gasteiger partial charge in [-0.05, 0) is 18.6 Å². The van der Waals surface area contributed by atoms with Crippen LogP contribution in [0.4, 0.5) is 0 Å². The van der Waals surface area contributed by atoms with Crippen LogP contribution < -0.4 is 9.47 Å². The van der Waals surface area contributed by atoms with Gasteiger partial charge < -0.3 is 19.0 Å². The molecule has 3 rings (SSSR count). The van der Waals surface area contributed by atoms with Crippen LogP contribution >= 0.6 is 0 Å². The van der Waals surface area contributed by atoms with Gasteiger partial charge in [0.2, 0.25) is 5.89 Å². The normalized spacial score (nSPS) is 13.1. The number of ether oxygens (including phenoxy) is 2. The highest BCUT2D eigenvalue weighted by atomic mass is 16.6. The number of rotatable bonds is 5. The first kappa shape index (κ1) is 13.4. The highest BCUT2D eigenvalue weighted by Crippen LogP contribution is 2.39. The molecule has 2 heterocycles. The number of hydrogen-bond acceptors (Lipinski definition) is 6. The first-order valence-electron chi connectivity index (χ1n) is 6.67. The Morgan fingerprint density at radius 1 is 1.24 bits per heavy atom. The van der Waals surface area contributed by atoms with Gasteiger partial charge in [0, 0.05) is 12.8 Å². The smallest absolute Gasteiger partial charge is 0.303 e. The Morgan fingerprint density at radius 3 is 2.95 bits per heavy atom. The van der Waals surface area contributed by atoms with Crippen LogP contribution in [0.1, 0.15) is 18.7 Å². The van der Waals surface area contributed by atoms with Crippen LogP contribution in [-0.4, -0.2) is 34.5 Å². The van der Waals surface area contributed by atoms with E-state index in [0.717, 1.165) is 0 Å². The second-order valence-corrected chi connectivity index (χ2v) is 4.58. The van der Waals surface area contributed by atoms with Gasteiger partial charge in [0.05, 0.1) is 5.56 Å². The van der Waals surface area contributed by atoms with E-state index >= 15 is 0 Å². The lowest BCUT2D eigenvalue weighted by Gasteiger charge is -2.19. The summed E-state index contributed by atoms with van der Waals surface area (Å²) in [6, 6.07) is 5.47. The number of carboxylic acids is 1. The number of benzene rings is 1. The summed E-state index contributed by atoms with van der Waals surface area (Å²) in [4.78, 5) is 10.5. The van der Waals surface area contributed by atoms with Crippen LogP contribution in [0.15, 0.2) is 22.6 Å². The highest BCUT2D eigenvalue weighted by Gasteiger charge is 2.20. The van der Waals surface area contributed by atoms with E-state index in [4.69, 9.17) is 19.0 Å². The van der Waals surface area contributed by atoms with Crippen molar-refractivity contribution in [1.29, 1.82) is 0 Å². The average molecular weight is 290 g/mol. The minimum Gasteiger partial charge on any atom is -0.486 e. The molecule has 0 amide bonds. The summed E-state index contributed by atoms with van der Waals surface area (Å²) in [5.41, 5.74) is 0.684. The van der Waals surface area contributed by atoms with Crippen molar-refractivity contribution in [2.24, 2.45) is 0 Å². The Balaban J connectivity index is 1.78. The lowest BCUT2D eigenvalue weighted by atomic mass is 10.2. The molecule has 1 aromatic carbocycles. The van der Waals surface area contributed by atoms with Crippen LogP contribution in [0.3, 0.4) is 0 Å². The molecule has 0 spiro atoms. The minimum atomic E-state index is -0.836. The van der Waals surface area contributed by atoms with Crippen molar-refractivity contribution in [3.63, 3.8) is 0 Å². The van der Waals surface area contributed by atoms with Gasteiger partial charge in [-0.2, -0.15) is 0 Å². The molecule has 0 aliphatic carbocycles. The molecule has 1 aliphatic rings. The van der Waals surface area contributed by atoms with Crippen molar-refractivity contribution in [3.05, 3.63) is 24.1 Å². The molecule has 7 heteroatoms. The van der Waals surface area contributed by atoms with Crippen molar-refractivity contribution in [3.8, 4) is 23.0 Å². The van der Waals surface area contributed by atoms with E-state index in [1.165, 1.54) is 0 Å². The predicted octanol–water partition coefficient (Wildman–Crippen LogP) is 1.92. The van der Waals surface area contributed by atoms with Crippen LogP contribution in [0.5, 0.6) is 11.5 Å². The third-order valence-corrected chi connectivity index (χ3v) is 3.04. The van der Waals surface area contributed by atoms with Crippen LogP contribution in [0, 0.1) is 0 Å². The molecule has 7 nitrogen and oxygen atoms in total. The SMILES string of the molecule is O=C(O)CCCc1nnc(-c2cccc3c2OCCO3)o1. The second kappa shape index (κ2) is 5.82. The van der Waals surface area contributed by atoms with Gasteiger partial charge in [-0.15, -0.1) is 10.2 Å². The zero-order valence-corrected chi connectivity index (χ0v) is 11.2. The van der Waals surface area contributed by atoms with Gasteiger partial charge >= 0.3 is 5.97 Å². The van der Waals surface area contributed by atoms with Crippen molar-refractivity contribution in [2.45, 2.75) is 19.3 Å². The number of aryl methyl sites for hydroxylation is 1. The molecular formula is C14H14N2O5. The number of hydrogen-bond donors (Lipinski definition) is 1. The number of aromatic nitrogens is 2. The lowest BCUT2D eigenvalue weighted by Crippen LogP contribution is -2.15. The van der Waals surface area contributed by atoms with E-state index in [1.54, 1.807) is 0 Å². The van der Waals surface area contributed by atoms with E-state index in [2.05, 4.69) is 10.2 Å². The van der Waals surface area contributed by atoms with Gasteiger partial charge in [-0.3, -0.25) is 4.79 Å². The summed E-state index contributed by atoms with van der Waals surface area (Å²) >= 11 is 0. The summed E-state index contributed by atoms with van der Waals surface area (Å²) in [5, 5.41) is 16.5. The first-order valence-corrected chi connectivity index (χ1v) is 6.67. The standard InChI is InChI=1S/C14H14N2O5/c17-12(18)6-2-5-11-15-16-14(21-11)9-3-1-4-10-13(9)20-8-7-19-10/h1,3-4H,2,5-8H2,(H,17,18). The zero-order chi connectivity index (χ0) is 14.7. The van der Waals surface area contributed by atoms with Crippen LogP contribution in [0.25, 0.3) is 11.5 Å². The average Bonchev–Trinajstić information content (AvgIpc) is 2.95. The zero-order valence-electron chi connectivity index (χ0n) is 11.2. The lowest BCUT2D eigenvalue weighted by molar-refractivity contribution is -0.137. The van der Waals surface area contributed by atoms with Gasteiger partial charge in [0.1, 0.15) is 13.2 Å². The monoisotopic (exact) mass is 290 g/mol. The Labute approximate surface area is 120 Å². The first-order chi connectivity index (χ1) is 10.2. The summed E-state index contributed by atoms with van der Waals surface area (Å²) in [5.74, 6) is 1.19. The Morgan fingerprint density at radius 2 is 2.10 bits per heavy atom. The topological polar surface area (TPSA) is 94.7 Å². The molecular weight excluding hydrogens is 276 g/mol. The summed E-state index contributed by atoms with van der Waals surface area (Å²) in [6.07, 6.45) is 0.977. The molecule has 0 bridgehead atoms. The van der Waals surface area contributed by atoms with E-state index in [9.17, 15) is 4.79 Å². The molecule has 1 aromatic heterocycles. The molecule has 0 fully saturated rings. The number of carbonyl (C=O) groups is 1. The van der Waals surface area contributed by atoms with Gasteiger partial charge in [-0.1, -0.05) is 6.07 Å². The quantitative estimate of drug-likeness (QED) is 0.898. The summed E-state index contributed by atoms with van der Waals surface area (Å²) in [6.45, 7) is 0.990. The second-order valence-electron chi connectivity index (χ2n) is 4.58. The Kier molecular flexibility index (Phi) is 3.72. The number of carboxylic acid groups (broad SMARTS) is 1. The van der Waals surface area contributed by atoms with Crippen molar-refractivity contribution >= 4 is 5.97 Å². The molecule has 0 saturated heterocycles. The Bertz CT molecular complexity index is 653. The largest absolute Gasteiger partial charge is 0.486 e. The fraction of sp³-hybridized carbons (Fsp3) is 0.357. The molecule has 0 radical (unpaired) electrons. The van der Waals surface area contributed by atoms with E-state index in [-0.39, 0.29) is 6.42 Å². The minimum absolute atomic E-state index is 0.0788. The number of para-hydroxylation sites is 1. The molecule has 0 atom stereocenters. The Hall–Kier alpha value is -2.57. The van der Waals surface area contributed by atoms with Crippen molar-refractivity contribution in [1.82, 2.24) is 10.2 Å². The fourth-order valence-electron chi connectivity index (χ4n) is 2.10. The maximum Gasteiger partial charge on any atom is 0.303 e. The van der Waals surface area contributed by atoms with Crippen molar-refractivity contribution < 1.29 is 23.8 Å². The maximum atomic E-state index is 10.5. The van der Waals surface area contributed by atoms with E-state index < -0.39 is 5.97 Å². The molecule has 21 heavy (non-hydrogen) atoms. The highest BCUT2D eigenvalue weighted by molar-refractivity contribution is 5.68. The third kappa shape index (κ3) is 2.96. The molecule has 110 valence electrons. The van der Waals surface area contributed by atoms with E-state index in [1.807, 2.05) is 18.2 Å². The predicted molar refractivity (Wildman–Crippen MR) is 71.3 cm³/mol. The molecule has 0 saturated carbocycles. The summed E-state index contributed by atoms with van der Waals surface area (Å²) in [7, 11) is 0. The van der Waals surface area contributed by atoms with Crippen LogP contribution in [0.2, 0.25) is 0 Å². The van der Waals surface area contributed by atoms with E-state index in [0.29, 0.717) is 54.9 Å². The van der Waals surface area contributed by atoms with Gasteiger partial charge in [-0.25, -0.2) is 0 Å². The van der Waals surface area contributed by atoms with Crippen LogP contribution in [-0.2, 0) is 11.2 Å². The number of fused-ring (bicyclic) bond motifs is 1. The van der Waals surface area contributed by atoms with Crippen molar-refractivity contribution in [2.75, 3.05) is 13.2 Å². The maximum absolute atomic E-state index is 10.5. The summed E-state index contributed by atoms with van der Waals surface area (Å²) < 4.78 is 16.7. The third-order valence-electron chi connectivity index (χ3n) is 3.04. The number of nitrogens with zero attached hydrogens (tertiary/aromatic N) is 2. The fourth-order valence-corrected chi connectivity index (χ4v) is 2.10. The molecule has 2 aromatic rings. The number of aliphatic carboxylic acids is 1. The molecule has 0 unspecified atom stereocenters. The molecule has 1 N–H and O–H groups in total.